The number of nitrogens with zero attached hydrogens (tertiary/aromatic N) is 3. The predicted octanol–water partition coefficient (Wildman–Crippen LogP) is 2.69. The average molecular weight is 381 g/mol. The Labute approximate surface area is 161 Å². The monoisotopic (exact) mass is 381 g/mol. The van der Waals surface area contributed by atoms with E-state index in [0.29, 0.717) is 43.4 Å². The van der Waals surface area contributed by atoms with Gasteiger partial charge in [0.05, 0.1) is 4.92 Å². The Morgan fingerprint density at radius 1 is 1.04 bits per heavy atom. The number of anilines is 1. The van der Waals surface area contributed by atoms with Gasteiger partial charge in [-0.3, -0.25) is 14.9 Å². The lowest BCUT2D eigenvalue weighted by Gasteiger charge is -2.35. The highest BCUT2D eigenvalue weighted by Gasteiger charge is 2.24. The van der Waals surface area contributed by atoms with Gasteiger partial charge in [0, 0.05) is 38.3 Å². The van der Waals surface area contributed by atoms with Crippen molar-refractivity contribution in [3.05, 3.63) is 64.2 Å². The highest BCUT2D eigenvalue weighted by atomic mass is 16.7. The molecular weight excluding hydrogens is 362 g/mol. The molecule has 0 spiro atoms. The van der Waals surface area contributed by atoms with Gasteiger partial charge >= 0.3 is 0 Å². The molecule has 0 aliphatic carbocycles. The summed E-state index contributed by atoms with van der Waals surface area (Å²) >= 11 is 0. The standard InChI is InChI=1S/C20H19N3O5/c24-20(8-6-15-5-7-18-19(13-15)28-14-27-18)22-11-9-21(10-12-22)16-3-1-2-4-17(16)23(25)26/h1-8,13H,9-12,14H2/b8-6+. The van der Waals surface area contributed by atoms with E-state index in [0.717, 1.165) is 5.56 Å². The third-order valence-electron chi connectivity index (χ3n) is 4.83. The molecule has 0 unspecified atom stereocenters. The van der Waals surface area contributed by atoms with Gasteiger partial charge in [0.2, 0.25) is 12.7 Å². The van der Waals surface area contributed by atoms with Gasteiger partial charge in [-0.05, 0) is 29.8 Å². The Hall–Kier alpha value is -3.55. The van der Waals surface area contributed by atoms with Crippen molar-refractivity contribution in [3.63, 3.8) is 0 Å². The molecule has 0 saturated carbocycles. The van der Waals surface area contributed by atoms with Crippen LogP contribution in [0.2, 0.25) is 0 Å². The Kier molecular flexibility index (Phi) is 4.84. The zero-order valence-corrected chi connectivity index (χ0v) is 15.1. The van der Waals surface area contributed by atoms with E-state index in [1.165, 1.54) is 12.1 Å². The Balaban J connectivity index is 1.37. The number of amides is 1. The van der Waals surface area contributed by atoms with Crippen molar-refractivity contribution in [1.82, 2.24) is 4.90 Å². The van der Waals surface area contributed by atoms with E-state index < -0.39 is 0 Å². The number of rotatable bonds is 4. The van der Waals surface area contributed by atoms with Gasteiger partial charge in [-0.25, -0.2) is 0 Å². The first-order valence-corrected chi connectivity index (χ1v) is 8.97. The summed E-state index contributed by atoms with van der Waals surface area (Å²) in [5, 5.41) is 11.2. The zero-order valence-electron chi connectivity index (χ0n) is 15.1. The number of nitro groups is 1. The van der Waals surface area contributed by atoms with Gasteiger partial charge in [-0.15, -0.1) is 0 Å². The molecule has 0 bridgehead atoms. The fourth-order valence-electron chi connectivity index (χ4n) is 3.34. The zero-order chi connectivity index (χ0) is 19.5. The number of hydrogen-bond acceptors (Lipinski definition) is 6. The molecule has 0 atom stereocenters. The van der Waals surface area contributed by atoms with Crippen LogP contribution in [0, 0.1) is 10.1 Å². The van der Waals surface area contributed by atoms with Gasteiger partial charge in [0.25, 0.3) is 5.69 Å². The molecule has 8 heteroatoms. The maximum Gasteiger partial charge on any atom is 0.292 e. The quantitative estimate of drug-likeness (QED) is 0.460. The molecule has 2 aromatic rings. The molecule has 1 amide bonds. The van der Waals surface area contributed by atoms with Crippen molar-refractivity contribution < 1.29 is 19.2 Å². The minimum Gasteiger partial charge on any atom is -0.454 e. The smallest absolute Gasteiger partial charge is 0.292 e. The van der Waals surface area contributed by atoms with Gasteiger partial charge < -0.3 is 19.3 Å². The lowest BCUT2D eigenvalue weighted by Crippen LogP contribution is -2.48. The molecule has 0 N–H and O–H groups in total. The number of fused-ring (bicyclic) bond motifs is 1. The summed E-state index contributed by atoms with van der Waals surface area (Å²) in [5.74, 6) is 1.29. The SMILES string of the molecule is O=C(/C=C/c1ccc2c(c1)OCO2)N1CCN(c2ccccc2[N+](=O)[O-])CC1. The molecule has 2 heterocycles. The molecule has 4 rings (SSSR count). The van der Waals surface area contributed by atoms with Crippen LogP contribution in [0.3, 0.4) is 0 Å². The Morgan fingerprint density at radius 3 is 2.57 bits per heavy atom. The first-order chi connectivity index (χ1) is 13.6. The van der Waals surface area contributed by atoms with Crippen molar-refractivity contribution in [3.8, 4) is 11.5 Å². The van der Waals surface area contributed by atoms with Crippen LogP contribution in [0.25, 0.3) is 6.08 Å². The van der Waals surface area contributed by atoms with Gasteiger partial charge in [-0.2, -0.15) is 0 Å². The van der Waals surface area contributed by atoms with Crippen LogP contribution >= 0.6 is 0 Å². The largest absolute Gasteiger partial charge is 0.454 e. The van der Waals surface area contributed by atoms with Gasteiger partial charge in [-0.1, -0.05) is 18.2 Å². The summed E-state index contributed by atoms with van der Waals surface area (Å²) in [5.41, 5.74) is 1.54. The number of hydrogen-bond donors (Lipinski definition) is 0. The molecule has 8 nitrogen and oxygen atoms in total. The maximum atomic E-state index is 12.5. The third-order valence-corrected chi connectivity index (χ3v) is 4.83. The fraction of sp³-hybridized carbons (Fsp3) is 0.250. The van der Waals surface area contributed by atoms with Crippen molar-refractivity contribution >= 4 is 23.4 Å². The Bertz CT molecular complexity index is 935. The normalized spacial score (nSPS) is 15.9. The summed E-state index contributed by atoms with van der Waals surface area (Å²) in [6, 6.07) is 12.2. The lowest BCUT2D eigenvalue weighted by atomic mass is 10.2. The predicted molar refractivity (Wildman–Crippen MR) is 103 cm³/mol. The number of ether oxygens (including phenoxy) is 2. The summed E-state index contributed by atoms with van der Waals surface area (Å²) in [6.45, 7) is 2.33. The highest BCUT2D eigenvalue weighted by Crippen LogP contribution is 2.33. The first-order valence-electron chi connectivity index (χ1n) is 8.97. The van der Waals surface area contributed by atoms with Crippen LogP contribution in [-0.4, -0.2) is 48.7 Å². The molecule has 0 radical (unpaired) electrons. The van der Waals surface area contributed by atoms with E-state index in [-0.39, 0.29) is 23.3 Å². The van der Waals surface area contributed by atoms with Crippen LogP contribution in [-0.2, 0) is 4.79 Å². The number of nitro benzene ring substituents is 1. The number of benzene rings is 2. The van der Waals surface area contributed by atoms with Crippen molar-refractivity contribution in [2.24, 2.45) is 0 Å². The minimum atomic E-state index is -0.374. The maximum absolute atomic E-state index is 12.5. The minimum absolute atomic E-state index is 0.0834. The van der Waals surface area contributed by atoms with Gasteiger partial charge in [0.15, 0.2) is 11.5 Å². The molecule has 2 aliphatic rings. The summed E-state index contributed by atoms with van der Waals surface area (Å²) in [6.07, 6.45) is 3.29. The van der Waals surface area contributed by atoms with E-state index in [1.54, 1.807) is 29.2 Å². The van der Waals surface area contributed by atoms with E-state index in [9.17, 15) is 14.9 Å². The topological polar surface area (TPSA) is 85.2 Å². The summed E-state index contributed by atoms with van der Waals surface area (Å²) < 4.78 is 10.6. The molecular formula is C20H19N3O5. The molecule has 2 aliphatic heterocycles. The second kappa shape index (κ2) is 7.59. The summed E-state index contributed by atoms with van der Waals surface area (Å²) in [4.78, 5) is 27.0. The number of piperazine rings is 1. The fourth-order valence-corrected chi connectivity index (χ4v) is 3.34. The van der Waals surface area contributed by atoms with E-state index >= 15 is 0 Å². The molecule has 0 aromatic heterocycles. The molecule has 144 valence electrons. The van der Waals surface area contributed by atoms with Crippen LogP contribution in [0.1, 0.15) is 5.56 Å². The van der Waals surface area contributed by atoms with Gasteiger partial charge in [0.1, 0.15) is 5.69 Å². The van der Waals surface area contributed by atoms with Crippen LogP contribution < -0.4 is 14.4 Å². The van der Waals surface area contributed by atoms with Crippen LogP contribution in [0.5, 0.6) is 11.5 Å². The van der Waals surface area contributed by atoms with Crippen molar-refractivity contribution in [2.45, 2.75) is 0 Å². The van der Waals surface area contributed by atoms with E-state index in [1.807, 2.05) is 23.1 Å². The average Bonchev–Trinajstić information content (AvgIpc) is 3.20. The lowest BCUT2D eigenvalue weighted by molar-refractivity contribution is -0.384. The number of carbonyl (C=O) groups is 1. The molecule has 28 heavy (non-hydrogen) atoms. The molecule has 1 saturated heterocycles. The van der Waals surface area contributed by atoms with Crippen LogP contribution in [0.4, 0.5) is 11.4 Å². The third kappa shape index (κ3) is 3.62. The van der Waals surface area contributed by atoms with Crippen LogP contribution in [0.15, 0.2) is 48.5 Å². The van der Waals surface area contributed by atoms with Crippen molar-refractivity contribution in [2.75, 3.05) is 37.9 Å². The second-order valence-electron chi connectivity index (χ2n) is 6.50. The first kappa shape index (κ1) is 17.8. The van der Waals surface area contributed by atoms with E-state index in [4.69, 9.17) is 9.47 Å². The molecule has 2 aromatic carbocycles. The molecule has 1 fully saturated rings. The van der Waals surface area contributed by atoms with E-state index in [2.05, 4.69) is 0 Å². The summed E-state index contributed by atoms with van der Waals surface area (Å²) in [7, 11) is 0. The number of para-hydroxylation sites is 2. The highest BCUT2D eigenvalue weighted by molar-refractivity contribution is 5.92. The number of carbonyl (C=O) groups excluding carboxylic acids is 1. The second-order valence-corrected chi connectivity index (χ2v) is 6.50. The van der Waals surface area contributed by atoms with Crippen molar-refractivity contribution in [1.29, 1.82) is 0 Å². The Morgan fingerprint density at radius 2 is 1.79 bits per heavy atom.